The van der Waals surface area contributed by atoms with Gasteiger partial charge in [-0.3, -0.25) is 9.89 Å². The van der Waals surface area contributed by atoms with E-state index in [0.717, 1.165) is 44.4 Å². The van der Waals surface area contributed by atoms with Crippen molar-refractivity contribution < 1.29 is 13.9 Å². The van der Waals surface area contributed by atoms with Crippen LogP contribution in [0.2, 0.25) is 0 Å². The highest BCUT2D eigenvalue weighted by atomic mass is 127. The topological polar surface area (TPSA) is 58.1 Å². The number of benzene rings is 1. The molecule has 2 unspecified atom stereocenters. The minimum Gasteiger partial charge on any atom is -0.379 e. The quantitative estimate of drug-likeness (QED) is 0.331. The van der Waals surface area contributed by atoms with E-state index in [-0.39, 0.29) is 35.9 Å². The van der Waals surface area contributed by atoms with Gasteiger partial charge in [0.05, 0.1) is 25.9 Å². The number of hydrogen-bond acceptors (Lipinski definition) is 4. The number of halogens is 2. The first kappa shape index (κ1) is 24.1. The molecule has 0 amide bonds. The van der Waals surface area contributed by atoms with Gasteiger partial charge in [-0.1, -0.05) is 12.1 Å². The van der Waals surface area contributed by atoms with Crippen LogP contribution in [-0.4, -0.2) is 69.9 Å². The van der Waals surface area contributed by atoms with Gasteiger partial charge in [0.1, 0.15) is 5.82 Å². The Hall–Kier alpha value is -0.970. The van der Waals surface area contributed by atoms with Gasteiger partial charge in [0.15, 0.2) is 5.96 Å². The number of ether oxygens (including phenoxy) is 2. The molecule has 0 radical (unpaired) electrons. The molecule has 1 fully saturated rings. The van der Waals surface area contributed by atoms with Crippen LogP contribution in [0.15, 0.2) is 29.3 Å². The Morgan fingerprint density at radius 3 is 2.52 bits per heavy atom. The minimum absolute atomic E-state index is 0. The molecule has 0 spiro atoms. The summed E-state index contributed by atoms with van der Waals surface area (Å²) < 4.78 is 24.0. The predicted octanol–water partition coefficient (Wildman–Crippen LogP) is 2.41. The van der Waals surface area contributed by atoms with Crippen molar-refractivity contribution in [2.45, 2.75) is 26.0 Å². The minimum atomic E-state index is -0.247. The smallest absolute Gasteiger partial charge is 0.191 e. The summed E-state index contributed by atoms with van der Waals surface area (Å²) in [5.74, 6) is 0.514. The van der Waals surface area contributed by atoms with Gasteiger partial charge in [0, 0.05) is 39.3 Å². The Labute approximate surface area is 178 Å². The van der Waals surface area contributed by atoms with Gasteiger partial charge in [-0.15, -0.1) is 24.0 Å². The molecule has 1 aromatic carbocycles. The van der Waals surface area contributed by atoms with Crippen molar-refractivity contribution in [1.82, 2.24) is 15.5 Å². The third kappa shape index (κ3) is 8.28. The highest BCUT2D eigenvalue weighted by Gasteiger charge is 2.17. The van der Waals surface area contributed by atoms with Crippen LogP contribution in [0.5, 0.6) is 0 Å². The van der Waals surface area contributed by atoms with Gasteiger partial charge < -0.3 is 20.1 Å². The largest absolute Gasteiger partial charge is 0.379 e. The van der Waals surface area contributed by atoms with E-state index in [4.69, 9.17) is 14.5 Å². The van der Waals surface area contributed by atoms with Gasteiger partial charge in [-0.05, 0) is 31.5 Å². The number of methoxy groups -OCH3 is 1. The van der Waals surface area contributed by atoms with Crippen molar-refractivity contribution in [3.63, 3.8) is 0 Å². The van der Waals surface area contributed by atoms with E-state index in [1.54, 1.807) is 19.2 Å². The number of hydrogen-bond donors (Lipinski definition) is 2. The predicted molar refractivity (Wildman–Crippen MR) is 117 cm³/mol. The third-order valence-corrected chi connectivity index (χ3v) is 4.51. The second-order valence-electron chi connectivity index (χ2n) is 6.37. The first-order valence-corrected chi connectivity index (χ1v) is 9.26. The molecule has 1 aliphatic rings. The monoisotopic (exact) mass is 494 g/mol. The lowest BCUT2D eigenvalue weighted by Gasteiger charge is -2.31. The molecule has 154 valence electrons. The molecule has 1 saturated heterocycles. The molecule has 0 aromatic heterocycles. The summed E-state index contributed by atoms with van der Waals surface area (Å²) in [5.41, 5.74) is 0.930. The summed E-state index contributed by atoms with van der Waals surface area (Å²) in [4.78, 5) is 7.09. The fourth-order valence-corrected chi connectivity index (χ4v) is 2.90. The van der Waals surface area contributed by atoms with Gasteiger partial charge in [-0.2, -0.15) is 0 Å². The van der Waals surface area contributed by atoms with Crippen LogP contribution in [0.25, 0.3) is 0 Å². The van der Waals surface area contributed by atoms with Crippen LogP contribution in [-0.2, 0) is 9.47 Å². The molecule has 1 heterocycles. The zero-order chi connectivity index (χ0) is 18.8. The normalized spacial score (nSPS) is 17.7. The molecule has 2 atom stereocenters. The van der Waals surface area contributed by atoms with Gasteiger partial charge in [0.25, 0.3) is 0 Å². The lowest BCUT2D eigenvalue weighted by molar-refractivity contribution is 0.0220. The van der Waals surface area contributed by atoms with Crippen molar-refractivity contribution in [3.8, 4) is 0 Å². The molecule has 1 aliphatic heterocycles. The van der Waals surface area contributed by atoms with Crippen LogP contribution in [0.4, 0.5) is 4.39 Å². The second-order valence-corrected chi connectivity index (χ2v) is 6.37. The second kappa shape index (κ2) is 13.2. The van der Waals surface area contributed by atoms with E-state index in [1.165, 1.54) is 12.1 Å². The van der Waals surface area contributed by atoms with Crippen molar-refractivity contribution in [2.75, 3.05) is 53.0 Å². The molecular formula is C19H32FIN4O2. The van der Waals surface area contributed by atoms with Crippen molar-refractivity contribution in [3.05, 3.63) is 35.6 Å². The van der Waals surface area contributed by atoms with Crippen molar-refractivity contribution in [1.29, 1.82) is 0 Å². The number of nitrogens with one attached hydrogen (secondary N) is 2. The third-order valence-electron chi connectivity index (χ3n) is 4.51. The van der Waals surface area contributed by atoms with Crippen LogP contribution in [0.1, 0.15) is 25.5 Å². The molecule has 0 saturated carbocycles. The van der Waals surface area contributed by atoms with E-state index in [0.29, 0.717) is 19.1 Å². The molecule has 27 heavy (non-hydrogen) atoms. The zero-order valence-corrected chi connectivity index (χ0v) is 18.7. The van der Waals surface area contributed by atoms with Crippen LogP contribution < -0.4 is 10.6 Å². The number of morpholine rings is 1. The highest BCUT2D eigenvalue weighted by molar-refractivity contribution is 14.0. The summed E-state index contributed by atoms with van der Waals surface area (Å²) in [6.45, 7) is 9.77. The number of aliphatic imine (C=N–C) groups is 1. The Balaban J connectivity index is 0.00000364. The van der Waals surface area contributed by atoms with E-state index in [2.05, 4.69) is 22.5 Å². The molecule has 8 heteroatoms. The first-order valence-electron chi connectivity index (χ1n) is 9.26. The summed E-state index contributed by atoms with van der Waals surface area (Å²) in [7, 11) is 1.65. The Kier molecular flexibility index (Phi) is 11.8. The summed E-state index contributed by atoms with van der Waals surface area (Å²) in [6, 6.07) is 6.76. The van der Waals surface area contributed by atoms with Gasteiger partial charge >= 0.3 is 0 Å². The lowest BCUT2D eigenvalue weighted by Crippen LogP contribution is -2.45. The number of rotatable bonds is 8. The fraction of sp³-hybridized carbons (Fsp3) is 0.632. The molecule has 6 nitrogen and oxygen atoms in total. The van der Waals surface area contributed by atoms with Crippen molar-refractivity contribution >= 4 is 29.9 Å². The summed E-state index contributed by atoms with van der Waals surface area (Å²) in [6.07, 6.45) is -0.170. The molecule has 0 bridgehead atoms. The van der Waals surface area contributed by atoms with Crippen molar-refractivity contribution in [2.24, 2.45) is 4.99 Å². The van der Waals surface area contributed by atoms with Gasteiger partial charge in [-0.25, -0.2) is 4.39 Å². The lowest BCUT2D eigenvalue weighted by atomic mass is 10.1. The number of nitrogens with zero attached hydrogens (tertiary/aromatic N) is 2. The fourth-order valence-electron chi connectivity index (χ4n) is 2.90. The van der Waals surface area contributed by atoms with Crippen LogP contribution >= 0.6 is 24.0 Å². The molecule has 2 rings (SSSR count). The average molecular weight is 494 g/mol. The zero-order valence-electron chi connectivity index (χ0n) is 16.4. The standard InChI is InChI=1S/C19H31FN4O2.HI/c1-4-21-19(22-13-15(2)24-9-11-26-12-10-24)23-14-18(25-3)16-5-7-17(20)8-6-16;/h5-8,15,18H,4,9-14H2,1-3H3,(H2,21,22,23);1H. The average Bonchev–Trinajstić information content (AvgIpc) is 2.68. The summed E-state index contributed by atoms with van der Waals surface area (Å²) in [5, 5.41) is 6.58. The Bertz CT molecular complexity index is 553. The van der Waals surface area contributed by atoms with E-state index >= 15 is 0 Å². The summed E-state index contributed by atoms with van der Waals surface area (Å²) >= 11 is 0. The maximum absolute atomic E-state index is 13.1. The van der Waals surface area contributed by atoms with Crippen LogP contribution in [0, 0.1) is 5.82 Å². The maximum atomic E-state index is 13.1. The Morgan fingerprint density at radius 2 is 1.93 bits per heavy atom. The molecule has 1 aromatic rings. The highest BCUT2D eigenvalue weighted by Crippen LogP contribution is 2.16. The SMILES string of the molecule is CCNC(=NCC(C)N1CCOCC1)NCC(OC)c1ccc(F)cc1.I. The van der Waals surface area contributed by atoms with Gasteiger partial charge in [0.2, 0.25) is 0 Å². The van der Waals surface area contributed by atoms with E-state index in [9.17, 15) is 4.39 Å². The van der Waals surface area contributed by atoms with Crippen LogP contribution in [0.3, 0.4) is 0 Å². The van der Waals surface area contributed by atoms with E-state index < -0.39 is 0 Å². The molecular weight excluding hydrogens is 462 g/mol. The maximum Gasteiger partial charge on any atom is 0.191 e. The molecule has 0 aliphatic carbocycles. The Morgan fingerprint density at radius 1 is 1.26 bits per heavy atom. The number of guanidine groups is 1. The van der Waals surface area contributed by atoms with E-state index in [1.807, 2.05) is 6.92 Å². The first-order chi connectivity index (χ1) is 12.6. The molecule has 2 N–H and O–H groups in total.